The van der Waals surface area contributed by atoms with Crippen LogP contribution in [0.3, 0.4) is 0 Å². The Balaban J connectivity index is 2.40. The number of hydrogen-bond donors (Lipinski definition) is 1. The van der Waals surface area contributed by atoms with Gasteiger partial charge in [-0.15, -0.1) is 0 Å². The first-order valence-corrected chi connectivity index (χ1v) is 6.12. The molecule has 1 atom stereocenters. The monoisotopic (exact) mass is 345 g/mol. The highest BCUT2D eigenvalue weighted by atomic mass is 127. The molecule has 0 saturated carbocycles. The summed E-state index contributed by atoms with van der Waals surface area (Å²) in [7, 11) is 0. The molecule has 2 rings (SSSR count). The van der Waals surface area contributed by atoms with Gasteiger partial charge in [-0.1, -0.05) is 24.3 Å². The van der Waals surface area contributed by atoms with Crippen molar-refractivity contribution in [2.24, 2.45) is 5.73 Å². The molecule has 2 aromatic rings. The maximum atomic E-state index is 13.6. The van der Waals surface area contributed by atoms with Crippen molar-refractivity contribution in [3.8, 4) is 0 Å². The Labute approximate surface area is 112 Å². The molecule has 1 unspecified atom stereocenters. The van der Waals surface area contributed by atoms with Crippen LogP contribution in [0.15, 0.2) is 42.5 Å². The molecule has 2 N–H and O–H groups in total. The van der Waals surface area contributed by atoms with Crippen LogP contribution in [0.1, 0.15) is 17.2 Å². The van der Waals surface area contributed by atoms with E-state index in [1.165, 1.54) is 12.1 Å². The van der Waals surface area contributed by atoms with E-state index in [1.54, 1.807) is 0 Å². The van der Waals surface area contributed by atoms with Crippen molar-refractivity contribution in [2.45, 2.75) is 6.04 Å². The van der Waals surface area contributed by atoms with Gasteiger partial charge in [0.15, 0.2) is 11.6 Å². The van der Waals surface area contributed by atoms with Gasteiger partial charge in [0, 0.05) is 9.13 Å². The van der Waals surface area contributed by atoms with Crippen LogP contribution in [0.25, 0.3) is 0 Å². The van der Waals surface area contributed by atoms with Crippen LogP contribution in [-0.2, 0) is 0 Å². The van der Waals surface area contributed by atoms with Crippen molar-refractivity contribution in [1.29, 1.82) is 0 Å². The molecule has 0 bridgehead atoms. The topological polar surface area (TPSA) is 26.0 Å². The van der Waals surface area contributed by atoms with Gasteiger partial charge in [-0.2, -0.15) is 0 Å². The highest BCUT2D eigenvalue weighted by Crippen LogP contribution is 2.24. The Kier molecular flexibility index (Phi) is 3.73. The van der Waals surface area contributed by atoms with Gasteiger partial charge in [-0.25, -0.2) is 8.78 Å². The zero-order chi connectivity index (χ0) is 12.4. The molecule has 0 heterocycles. The molecule has 0 aliphatic carbocycles. The summed E-state index contributed by atoms with van der Waals surface area (Å²) in [5.41, 5.74) is 6.86. The Morgan fingerprint density at radius 3 is 2.29 bits per heavy atom. The minimum atomic E-state index is -0.876. The summed E-state index contributed by atoms with van der Waals surface area (Å²) in [6.07, 6.45) is 0. The summed E-state index contributed by atoms with van der Waals surface area (Å²) < 4.78 is 27.7. The Hall–Kier alpha value is -1.01. The van der Waals surface area contributed by atoms with E-state index in [2.05, 4.69) is 22.6 Å². The molecule has 2 aromatic carbocycles. The first kappa shape index (κ1) is 12.4. The first-order chi connectivity index (χ1) is 8.09. The number of nitrogens with two attached hydrogens (primary N) is 1. The van der Waals surface area contributed by atoms with E-state index < -0.39 is 17.7 Å². The van der Waals surface area contributed by atoms with E-state index in [9.17, 15) is 8.78 Å². The van der Waals surface area contributed by atoms with Gasteiger partial charge in [0.1, 0.15) is 0 Å². The molecule has 17 heavy (non-hydrogen) atoms. The van der Waals surface area contributed by atoms with Crippen LogP contribution >= 0.6 is 22.6 Å². The van der Waals surface area contributed by atoms with Crippen LogP contribution < -0.4 is 5.73 Å². The maximum Gasteiger partial charge on any atom is 0.163 e. The smallest absolute Gasteiger partial charge is 0.163 e. The quantitative estimate of drug-likeness (QED) is 0.827. The Bertz CT molecular complexity index is 525. The van der Waals surface area contributed by atoms with E-state index in [1.807, 2.05) is 24.3 Å². The van der Waals surface area contributed by atoms with Crippen molar-refractivity contribution >= 4 is 22.6 Å². The predicted molar refractivity (Wildman–Crippen MR) is 71.5 cm³/mol. The zero-order valence-electron chi connectivity index (χ0n) is 8.83. The zero-order valence-corrected chi connectivity index (χ0v) is 11.0. The number of halogens is 3. The lowest BCUT2D eigenvalue weighted by molar-refractivity contribution is 0.494. The highest BCUT2D eigenvalue weighted by Gasteiger charge is 2.15. The number of benzene rings is 2. The second-order valence-corrected chi connectivity index (χ2v) is 4.92. The molecule has 1 nitrogen and oxygen atoms in total. The van der Waals surface area contributed by atoms with Crippen molar-refractivity contribution in [3.63, 3.8) is 0 Å². The molecule has 88 valence electrons. The van der Waals surface area contributed by atoms with Crippen molar-refractivity contribution in [1.82, 2.24) is 0 Å². The third-order valence-corrected chi connectivity index (χ3v) is 3.26. The van der Waals surface area contributed by atoms with Gasteiger partial charge in [0.05, 0.1) is 6.04 Å². The minimum Gasteiger partial charge on any atom is -0.320 e. The van der Waals surface area contributed by atoms with Crippen LogP contribution in [0.5, 0.6) is 0 Å². The molecule has 0 amide bonds. The van der Waals surface area contributed by atoms with Gasteiger partial charge >= 0.3 is 0 Å². The van der Waals surface area contributed by atoms with E-state index >= 15 is 0 Å². The van der Waals surface area contributed by atoms with Crippen molar-refractivity contribution in [3.05, 3.63) is 68.8 Å². The van der Waals surface area contributed by atoms with E-state index in [4.69, 9.17) is 5.73 Å². The van der Waals surface area contributed by atoms with Gasteiger partial charge in [-0.05, 0) is 46.4 Å². The molecule has 0 aliphatic heterocycles. The average molecular weight is 345 g/mol. The molecule has 0 aromatic heterocycles. The highest BCUT2D eigenvalue weighted by molar-refractivity contribution is 14.1. The predicted octanol–water partition coefficient (Wildman–Crippen LogP) is 3.62. The molecule has 0 radical (unpaired) electrons. The van der Waals surface area contributed by atoms with Crippen molar-refractivity contribution < 1.29 is 8.78 Å². The fraction of sp³-hybridized carbons (Fsp3) is 0.0769. The third kappa shape index (κ3) is 2.63. The SMILES string of the molecule is NC(c1ccc(I)cc1)c1cccc(F)c1F. The van der Waals surface area contributed by atoms with Crippen molar-refractivity contribution in [2.75, 3.05) is 0 Å². The van der Waals surface area contributed by atoms with Gasteiger partial charge < -0.3 is 5.73 Å². The summed E-state index contributed by atoms with van der Waals surface area (Å²) in [5, 5.41) is 0. The minimum absolute atomic E-state index is 0.172. The molecule has 0 spiro atoms. The Morgan fingerprint density at radius 2 is 1.65 bits per heavy atom. The van der Waals surface area contributed by atoms with Gasteiger partial charge in [0.25, 0.3) is 0 Å². The molecular formula is C13H10F2IN. The fourth-order valence-corrected chi connectivity index (χ4v) is 1.97. The molecule has 0 saturated heterocycles. The second kappa shape index (κ2) is 5.10. The maximum absolute atomic E-state index is 13.6. The third-order valence-electron chi connectivity index (χ3n) is 2.55. The van der Waals surface area contributed by atoms with E-state index in [0.717, 1.165) is 15.2 Å². The van der Waals surface area contributed by atoms with Gasteiger partial charge in [0.2, 0.25) is 0 Å². The number of hydrogen-bond acceptors (Lipinski definition) is 1. The molecule has 4 heteroatoms. The van der Waals surface area contributed by atoms with E-state index in [0.29, 0.717) is 0 Å². The summed E-state index contributed by atoms with van der Waals surface area (Å²) in [4.78, 5) is 0. The number of rotatable bonds is 2. The second-order valence-electron chi connectivity index (χ2n) is 3.67. The fourth-order valence-electron chi connectivity index (χ4n) is 1.61. The van der Waals surface area contributed by atoms with Gasteiger partial charge in [-0.3, -0.25) is 0 Å². The molecular weight excluding hydrogens is 335 g/mol. The summed E-state index contributed by atoms with van der Waals surface area (Å²) in [5.74, 6) is -1.75. The normalized spacial score (nSPS) is 12.5. The average Bonchev–Trinajstić information content (AvgIpc) is 2.33. The lowest BCUT2D eigenvalue weighted by atomic mass is 9.99. The van der Waals surface area contributed by atoms with E-state index in [-0.39, 0.29) is 5.56 Å². The largest absolute Gasteiger partial charge is 0.320 e. The summed E-state index contributed by atoms with van der Waals surface area (Å²) in [6.45, 7) is 0. The summed E-state index contributed by atoms with van der Waals surface area (Å²) >= 11 is 2.17. The van der Waals surface area contributed by atoms with Crippen LogP contribution in [0.2, 0.25) is 0 Å². The first-order valence-electron chi connectivity index (χ1n) is 5.04. The molecule has 0 fully saturated rings. The van der Waals surface area contributed by atoms with Crippen LogP contribution in [0.4, 0.5) is 8.78 Å². The standard InChI is InChI=1S/C13H10F2IN/c14-11-3-1-2-10(12(11)15)13(17)8-4-6-9(16)7-5-8/h1-7,13H,17H2. The lowest BCUT2D eigenvalue weighted by Crippen LogP contribution is -2.14. The lowest BCUT2D eigenvalue weighted by Gasteiger charge is -2.13. The Morgan fingerprint density at radius 1 is 1.00 bits per heavy atom. The summed E-state index contributed by atoms with van der Waals surface area (Å²) in [6, 6.07) is 10.8. The van der Waals surface area contributed by atoms with Crippen LogP contribution in [0, 0.1) is 15.2 Å². The molecule has 0 aliphatic rings. The van der Waals surface area contributed by atoms with Crippen LogP contribution in [-0.4, -0.2) is 0 Å².